The van der Waals surface area contributed by atoms with Crippen molar-refractivity contribution in [3.8, 4) is 0 Å². The number of alkyl halides is 2. The van der Waals surface area contributed by atoms with Crippen LogP contribution in [0, 0.1) is 5.82 Å². The zero-order valence-corrected chi connectivity index (χ0v) is 17.7. The molecular weight excluding hydrogens is 419 g/mol. The van der Waals surface area contributed by atoms with Gasteiger partial charge in [-0.15, -0.1) is 0 Å². The lowest BCUT2D eigenvalue weighted by Gasteiger charge is -2.38. The van der Waals surface area contributed by atoms with Crippen molar-refractivity contribution in [3.63, 3.8) is 0 Å². The van der Waals surface area contributed by atoms with Gasteiger partial charge in [-0.1, -0.05) is 18.2 Å². The summed E-state index contributed by atoms with van der Waals surface area (Å²) < 4.78 is 40.8. The Morgan fingerprint density at radius 1 is 1.19 bits per heavy atom. The standard InChI is InChI=1S/C23H26F3N5O/c1-14(15-3-2-4-16(21(15)24)22(25)26)30-18-5-8-28-19-12-29-20(11-17(18)19)31-9-6-23(32,13-27)7-10-31/h2-5,8,11-12,14,22,32H,6-7,9-10,13,27H2,1H3,(H,28,30)/t14-/m1/s1. The molecule has 0 amide bonds. The number of aromatic nitrogens is 2. The molecule has 170 valence electrons. The predicted molar refractivity (Wildman–Crippen MR) is 118 cm³/mol. The number of rotatable bonds is 6. The smallest absolute Gasteiger partial charge is 0.266 e. The van der Waals surface area contributed by atoms with Gasteiger partial charge in [0.05, 0.1) is 28.9 Å². The first-order chi connectivity index (χ1) is 15.3. The van der Waals surface area contributed by atoms with Gasteiger partial charge in [0, 0.05) is 42.5 Å². The first-order valence-electron chi connectivity index (χ1n) is 10.6. The molecular formula is C23H26F3N5O. The van der Waals surface area contributed by atoms with Crippen LogP contribution in [0.3, 0.4) is 0 Å². The van der Waals surface area contributed by atoms with Crippen molar-refractivity contribution in [1.82, 2.24) is 9.97 Å². The van der Waals surface area contributed by atoms with Crippen molar-refractivity contribution in [1.29, 1.82) is 0 Å². The third-order valence-electron chi connectivity index (χ3n) is 6.14. The average molecular weight is 445 g/mol. The van der Waals surface area contributed by atoms with Crippen molar-refractivity contribution in [3.05, 3.63) is 59.7 Å². The van der Waals surface area contributed by atoms with Gasteiger partial charge in [0.2, 0.25) is 0 Å². The summed E-state index contributed by atoms with van der Waals surface area (Å²) in [5.74, 6) is -0.157. The number of nitrogens with zero attached hydrogens (tertiary/aromatic N) is 3. The van der Waals surface area contributed by atoms with E-state index in [1.54, 1.807) is 25.4 Å². The molecule has 2 aromatic heterocycles. The summed E-state index contributed by atoms with van der Waals surface area (Å²) in [6.07, 6.45) is 1.52. The topological polar surface area (TPSA) is 87.3 Å². The van der Waals surface area contributed by atoms with Gasteiger partial charge in [-0.25, -0.2) is 18.2 Å². The molecule has 9 heteroatoms. The molecule has 1 fully saturated rings. The van der Waals surface area contributed by atoms with Crippen LogP contribution in [-0.4, -0.2) is 40.3 Å². The fourth-order valence-corrected chi connectivity index (χ4v) is 4.07. The molecule has 32 heavy (non-hydrogen) atoms. The van der Waals surface area contributed by atoms with E-state index in [4.69, 9.17) is 5.73 Å². The van der Waals surface area contributed by atoms with Crippen molar-refractivity contribution >= 4 is 22.4 Å². The molecule has 0 aliphatic carbocycles. The number of anilines is 2. The second-order valence-corrected chi connectivity index (χ2v) is 8.25. The van der Waals surface area contributed by atoms with Crippen LogP contribution in [0.2, 0.25) is 0 Å². The molecule has 0 saturated carbocycles. The second-order valence-electron chi connectivity index (χ2n) is 8.25. The van der Waals surface area contributed by atoms with Crippen LogP contribution >= 0.6 is 0 Å². The molecule has 4 rings (SSSR count). The van der Waals surface area contributed by atoms with Crippen molar-refractivity contribution in [2.24, 2.45) is 5.73 Å². The zero-order chi connectivity index (χ0) is 22.9. The molecule has 0 bridgehead atoms. The van der Waals surface area contributed by atoms with Gasteiger partial charge in [-0.2, -0.15) is 0 Å². The first-order valence-corrected chi connectivity index (χ1v) is 10.6. The number of piperidine rings is 1. The van der Waals surface area contributed by atoms with Crippen LogP contribution in [0.25, 0.3) is 10.9 Å². The monoisotopic (exact) mass is 445 g/mol. The molecule has 6 nitrogen and oxygen atoms in total. The summed E-state index contributed by atoms with van der Waals surface area (Å²) in [5, 5.41) is 14.4. The van der Waals surface area contributed by atoms with Gasteiger partial charge in [0.15, 0.2) is 0 Å². The number of pyridine rings is 2. The molecule has 0 radical (unpaired) electrons. The molecule has 3 aromatic rings. The number of hydrogen-bond donors (Lipinski definition) is 3. The summed E-state index contributed by atoms with van der Waals surface area (Å²) in [6, 6.07) is 7.15. The van der Waals surface area contributed by atoms with Gasteiger partial charge >= 0.3 is 0 Å². The summed E-state index contributed by atoms with van der Waals surface area (Å²) in [7, 11) is 0. The number of aliphatic hydroxyl groups is 1. The van der Waals surface area contributed by atoms with Crippen LogP contribution in [0.15, 0.2) is 42.7 Å². The predicted octanol–water partition coefficient (Wildman–Crippen LogP) is 4.17. The Bertz CT molecular complexity index is 1100. The van der Waals surface area contributed by atoms with E-state index in [9.17, 15) is 18.3 Å². The first kappa shape index (κ1) is 22.3. The summed E-state index contributed by atoms with van der Waals surface area (Å²) in [4.78, 5) is 10.9. The third-order valence-corrected chi connectivity index (χ3v) is 6.14. The highest BCUT2D eigenvalue weighted by Crippen LogP contribution is 2.32. The minimum Gasteiger partial charge on any atom is -0.388 e. The SMILES string of the molecule is C[C@@H](Nc1ccnc2cnc(N3CCC(O)(CN)CC3)cc12)c1cccc(C(F)F)c1F. The maximum Gasteiger partial charge on any atom is 0.266 e. The number of nitrogens with one attached hydrogen (secondary N) is 1. The van der Waals surface area contributed by atoms with Crippen LogP contribution in [0.1, 0.15) is 43.4 Å². The minimum absolute atomic E-state index is 0.166. The Kier molecular flexibility index (Phi) is 6.21. The lowest BCUT2D eigenvalue weighted by molar-refractivity contribution is 0.0249. The Morgan fingerprint density at radius 2 is 1.91 bits per heavy atom. The highest BCUT2D eigenvalue weighted by Gasteiger charge is 2.31. The van der Waals surface area contributed by atoms with Crippen LogP contribution < -0.4 is 16.0 Å². The Balaban J connectivity index is 1.61. The van der Waals surface area contributed by atoms with E-state index in [1.165, 1.54) is 12.1 Å². The maximum atomic E-state index is 14.6. The van der Waals surface area contributed by atoms with Gasteiger partial charge in [-0.3, -0.25) is 4.98 Å². The fourth-order valence-electron chi connectivity index (χ4n) is 4.07. The van der Waals surface area contributed by atoms with E-state index in [2.05, 4.69) is 20.2 Å². The van der Waals surface area contributed by atoms with E-state index in [1.807, 2.05) is 6.07 Å². The molecule has 1 aliphatic heterocycles. The number of halogens is 3. The van der Waals surface area contributed by atoms with Crippen LogP contribution in [-0.2, 0) is 0 Å². The third kappa shape index (κ3) is 4.35. The highest BCUT2D eigenvalue weighted by molar-refractivity contribution is 5.92. The summed E-state index contributed by atoms with van der Waals surface area (Å²) in [5.41, 5.74) is 5.75. The number of fused-ring (bicyclic) bond motifs is 1. The molecule has 3 heterocycles. The normalized spacial score (nSPS) is 17.0. The molecule has 1 saturated heterocycles. The van der Waals surface area contributed by atoms with Crippen LogP contribution in [0.4, 0.5) is 24.7 Å². The average Bonchev–Trinajstić information content (AvgIpc) is 2.79. The zero-order valence-electron chi connectivity index (χ0n) is 17.7. The molecule has 0 spiro atoms. The number of benzene rings is 1. The highest BCUT2D eigenvalue weighted by atomic mass is 19.3. The van der Waals surface area contributed by atoms with Crippen molar-refractivity contribution in [2.45, 2.75) is 37.8 Å². The number of hydrogen-bond acceptors (Lipinski definition) is 6. The van der Waals surface area contributed by atoms with Gasteiger partial charge in [-0.05, 0) is 31.9 Å². The largest absolute Gasteiger partial charge is 0.388 e. The van der Waals surface area contributed by atoms with E-state index < -0.39 is 29.4 Å². The quantitative estimate of drug-likeness (QED) is 0.528. The molecule has 0 unspecified atom stereocenters. The summed E-state index contributed by atoms with van der Waals surface area (Å²) >= 11 is 0. The Labute approximate surface area is 184 Å². The van der Waals surface area contributed by atoms with Gasteiger partial charge in [0.1, 0.15) is 11.6 Å². The lowest BCUT2D eigenvalue weighted by Crippen LogP contribution is -2.48. The minimum atomic E-state index is -2.88. The van der Waals surface area contributed by atoms with Crippen molar-refractivity contribution < 1.29 is 18.3 Å². The summed E-state index contributed by atoms with van der Waals surface area (Å²) in [6.45, 7) is 3.19. The molecule has 1 aromatic carbocycles. The molecule has 1 atom stereocenters. The Hall–Kier alpha value is -2.91. The number of nitrogens with two attached hydrogens (primary N) is 1. The van der Waals surface area contributed by atoms with Crippen molar-refractivity contribution in [2.75, 3.05) is 29.9 Å². The van der Waals surface area contributed by atoms with E-state index in [-0.39, 0.29) is 12.1 Å². The van der Waals surface area contributed by atoms with E-state index in [0.717, 1.165) is 17.3 Å². The van der Waals surface area contributed by atoms with Gasteiger partial charge in [0.25, 0.3) is 6.43 Å². The molecule has 1 aliphatic rings. The molecule has 4 N–H and O–H groups in total. The lowest BCUT2D eigenvalue weighted by atomic mass is 9.91. The Morgan fingerprint density at radius 3 is 2.59 bits per heavy atom. The van der Waals surface area contributed by atoms with Crippen LogP contribution in [0.5, 0.6) is 0 Å². The van der Waals surface area contributed by atoms with Gasteiger partial charge < -0.3 is 21.1 Å². The maximum absolute atomic E-state index is 14.6. The van der Waals surface area contributed by atoms with E-state index >= 15 is 0 Å². The second kappa shape index (κ2) is 8.91. The van der Waals surface area contributed by atoms with E-state index in [0.29, 0.717) is 37.1 Å². The fraction of sp³-hybridized carbons (Fsp3) is 0.391.